The third kappa shape index (κ3) is 6.12. The average molecular weight is 622 g/mol. The Morgan fingerprint density at radius 3 is 2.78 bits per heavy atom. The summed E-state index contributed by atoms with van der Waals surface area (Å²) in [5.74, 6) is 0.00881. The number of nitrogens with one attached hydrogen (secondary N) is 2. The van der Waals surface area contributed by atoms with Crippen LogP contribution in [0.2, 0.25) is 0 Å². The van der Waals surface area contributed by atoms with Crippen molar-refractivity contribution < 1.29 is 22.6 Å². The normalized spacial score (nSPS) is 24.5. The van der Waals surface area contributed by atoms with Gasteiger partial charge >= 0.3 is 6.18 Å². The van der Waals surface area contributed by atoms with Crippen LogP contribution < -0.4 is 10.1 Å². The molecule has 1 saturated carbocycles. The van der Waals surface area contributed by atoms with Crippen molar-refractivity contribution in [1.29, 1.82) is 5.26 Å². The lowest BCUT2D eigenvalue weighted by atomic mass is 9.69. The summed E-state index contributed by atoms with van der Waals surface area (Å²) in [6.07, 6.45) is 6.43. The molecule has 4 aromatic rings. The summed E-state index contributed by atoms with van der Waals surface area (Å²) in [6, 6.07) is 7.39. The van der Waals surface area contributed by atoms with E-state index in [-0.39, 0.29) is 30.6 Å². The minimum atomic E-state index is -4.56. The summed E-state index contributed by atoms with van der Waals surface area (Å²) in [7, 11) is 0. The van der Waals surface area contributed by atoms with Crippen molar-refractivity contribution in [2.24, 2.45) is 0 Å². The van der Waals surface area contributed by atoms with E-state index in [4.69, 9.17) is 9.47 Å². The Morgan fingerprint density at radius 1 is 1.18 bits per heavy atom. The van der Waals surface area contributed by atoms with Gasteiger partial charge in [-0.25, -0.2) is 15.0 Å². The minimum absolute atomic E-state index is 0.00881. The van der Waals surface area contributed by atoms with E-state index in [9.17, 15) is 18.4 Å². The molecular weight excluding hydrogens is 587 g/mol. The Balaban J connectivity index is 0.972. The second-order valence-electron chi connectivity index (χ2n) is 12.2. The van der Waals surface area contributed by atoms with Crippen LogP contribution in [0.1, 0.15) is 49.8 Å². The molecule has 1 aliphatic carbocycles. The van der Waals surface area contributed by atoms with Crippen molar-refractivity contribution in [2.45, 2.75) is 75.0 Å². The zero-order chi connectivity index (χ0) is 31.0. The van der Waals surface area contributed by atoms with Crippen LogP contribution in [0.3, 0.4) is 0 Å². The van der Waals surface area contributed by atoms with Crippen LogP contribution in [0.5, 0.6) is 5.88 Å². The lowest BCUT2D eigenvalue weighted by Crippen LogP contribution is -2.58. The van der Waals surface area contributed by atoms with Crippen molar-refractivity contribution in [1.82, 2.24) is 39.9 Å². The fourth-order valence-corrected chi connectivity index (χ4v) is 6.80. The number of piperidine rings is 1. The molecule has 2 aliphatic heterocycles. The molecule has 2 saturated heterocycles. The lowest BCUT2D eigenvalue weighted by molar-refractivity contribution is -0.141. The third-order valence-electron chi connectivity index (χ3n) is 9.29. The molecule has 14 heteroatoms. The van der Waals surface area contributed by atoms with Gasteiger partial charge in [0.25, 0.3) is 0 Å². The summed E-state index contributed by atoms with van der Waals surface area (Å²) in [5.41, 5.74) is 1.56. The van der Waals surface area contributed by atoms with E-state index in [0.717, 1.165) is 60.7 Å². The predicted molar refractivity (Wildman–Crippen MR) is 157 cm³/mol. The standard InChI is InChI=1S/C31H34F3N9O2/c32-31(33,34)26-11-20(15-37-22-4-10-44-18-22)12-27(41-26)45-24-2-8-42(9-3-24)23-13-30(14-23,5-6-35)43-17-21(16-40-43)28-25-1-7-36-29(25)39-19-38-28/h1,7,11-12,16-17,19,22-24,37H,2-5,8-10,13-15,18H2,(H,36,38,39)/t22-,23-,30+/m1/s1. The summed E-state index contributed by atoms with van der Waals surface area (Å²) in [6.45, 7) is 3.00. The number of aromatic nitrogens is 6. The van der Waals surface area contributed by atoms with Crippen molar-refractivity contribution in [2.75, 3.05) is 26.3 Å². The Hall–Kier alpha value is -4.06. The first-order chi connectivity index (χ1) is 21.8. The van der Waals surface area contributed by atoms with Gasteiger partial charge in [0.1, 0.15) is 23.8 Å². The molecule has 4 aromatic heterocycles. The van der Waals surface area contributed by atoms with E-state index >= 15 is 0 Å². The summed E-state index contributed by atoms with van der Waals surface area (Å²) in [5, 5.41) is 18.5. The van der Waals surface area contributed by atoms with Gasteiger partial charge in [0.2, 0.25) is 5.88 Å². The van der Waals surface area contributed by atoms with E-state index in [2.05, 4.69) is 41.3 Å². The second-order valence-corrected chi connectivity index (χ2v) is 12.2. The quantitative estimate of drug-likeness (QED) is 0.279. The molecule has 3 fully saturated rings. The van der Waals surface area contributed by atoms with Gasteiger partial charge in [-0.15, -0.1) is 0 Å². The highest BCUT2D eigenvalue weighted by Crippen LogP contribution is 2.45. The first-order valence-electron chi connectivity index (χ1n) is 15.3. The molecule has 45 heavy (non-hydrogen) atoms. The van der Waals surface area contributed by atoms with E-state index in [1.165, 1.54) is 6.33 Å². The molecule has 0 amide bonds. The molecule has 11 nitrogen and oxygen atoms in total. The molecule has 236 valence electrons. The van der Waals surface area contributed by atoms with Crippen molar-refractivity contribution in [3.05, 3.63) is 54.4 Å². The molecule has 1 atom stereocenters. The van der Waals surface area contributed by atoms with E-state index in [1.807, 2.05) is 23.1 Å². The summed E-state index contributed by atoms with van der Waals surface area (Å²) < 4.78 is 54.2. The second kappa shape index (κ2) is 12.0. The maximum atomic E-state index is 13.6. The maximum absolute atomic E-state index is 13.6. The van der Waals surface area contributed by atoms with Crippen LogP contribution in [-0.2, 0) is 23.0 Å². The fourth-order valence-electron chi connectivity index (χ4n) is 6.80. The Bertz CT molecular complexity index is 1680. The largest absolute Gasteiger partial charge is 0.474 e. The number of nitrogens with zero attached hydrogens (tertiary/aromatic N) is 7. The zero-order valence-electron chi connectivity index (χ0n) is 24.6. The van der Waals surface area contributed by atoms with Crippen LogP contribution in [0.25, 0.3) is 22.3 Å². The fraction of sp³-hybridized carbons (Fsp3) is 0.516. The summed E-state index contributed by atoms with van der Waals surface area (Å²) in [4.78, 5) is 18.0. The molecule has 0 unspecified atom stereocenters. The number of hydrogen-bond donors (Lipinski definition) is 2. The molecule has 0 spiro atoms. The number of ether oxygens (including phenoxy) is 2. The van der Waals surface area contributed by atoms with Gasteiger partial charge in [-0.2, -0.15) is 23.5 Å². The number of nitriles is 1. The number of rotatable bonds is 9. The highest BCUT2D eigenvalue weighted by atomic mass is 19.4. The SMILES string of the molecule is N#CC[C@]1(n2cc(-c3ncnc4[nH]ccc34)cn2)C[C@@H](N2CCC(Oc3cc(CN[C@@H]4CCOC4)cc(C(F)(F)F)n3)CC2)C1. The minimum Gasteiger partial charge on any atom is -0.474 e. The van der Waals surface area contributed by atoms with Gasteiger partial charge in [-0.3, -0.25) is 9.58 Å². The van der Waals surface area contributed by atoms with Gasteiger partial charge in [0.05, 0.1) is 36.5 Å². The molecule has 6 heterocycles. The topological polar surface area (TPSA) is 130 Å². The Morgan fingerprint density at radius 2 is 2.02 bits per heavy atom. The van der Waals surface area contributed by atoms with Gasteiger partial charge < -0.3 is 19.8 Å². The first kappa shape index (κ1) is 29.6. The van der Waals surface area contributed by atoms with Gasteiger partial charge in [0, 0.05) is 67.7 Å². The van der Waals surface area contributed by atoms with E-state index < -0.39 is 17.4 Å². The number of fused-ring (bicyclic) bond motifs is 1. The highest BCUT2D eigenvalue weighted by molar-refractivity contribution is 5.90. The van der Waals surface area contributed by atoms with Crippen LogP contribution >= 0.6 is 0 Å². The van der Waals surface area contributed by atoms with Gasteiger partial charge in [-0.05, 0) is 49.8 Å². The van der Waals surface area contributed by atoms with Crippen LogP contribution in [-0.4, -0.2) is 79.1 Å². The Labute approximate surface area is 257 Å². The number of pyridine rings is 1. The zero-order valence-corrected chi connectivity index (χ0v) is 24.6. The van der Waals surface area contributed by atoms with Crippen molar-refractivity contribution in [3.8, 4) is 23.2 Å². The molecule has 7 rings (SSSR count). The van der Waals surface area contributed by atoms with Gasteiger partial charge in [0.15, 0.2) is 0 Å². The predicted octanol–water partition coefficient (Wildman–Crippen LogP) is 4.43. The number of alkyl halides is 3. The van der Waals surface area contributed by atoms with E-state index in [0.29, 0.717) is 38.0 Å². The number of hydrogen-bond acceptors (Lipinski definition) is 9. The van der Waals surface area contributed by atoms with Crippen molar-refractivity contribution in [3.63, 3.8) is 0 Å². The van der Waals surface area contributed by atoms with Crippen LogP contribution in [0, 0.1) is 11.3 Å². The molecule has 2 N–H and O–H groups in total. The monoisotopic (exact) mass is 621 g/mol. The smallest absolute Gasteiger partial charge is 0.433 e. The van der Waals surface area contributed by atoms with Gasteiger partial charge in [-0.1, -0.05) is 0 Å². The average Bonchev–Trinajstić information content (AvgIpc) is 3.80. The molecular formula is C31H34F3N9O2. The molecule has 0 aromatic carbocycles. The lowest BCUT2D eigenvalue weighted by Gasteiger charge is -2.52. The molecule has 0 radical (unpaired) electrons. The van der Waals surface area contributed by atoms with Crippen LogP contribution in [0.15, 0.2) is 43.1 Å². The summed E-state index contributed by atoms with van der Waals surface area (Å²) >= 11 is 0. The van der Waals surface area contributed by atoms with E-state index in [1.54, 1.807) is 12.3 Å². The molecule has 3 aliphatic rings. The first-order valence-corrected chi connectivity index (χ1v) is 15.3. The Kier molecular flexibility index (Phi) is 7.93. The number of halogens is 3. The maximum Gasteiger partial charge on any atom is 0.433 e. The number of H-pyrrole nitrogens is 1. The molecule has 0 bridgehead atoms. The number of aromatic amines is 1. The number of likely N-dealkylation sites (tertiary alicyclic amines) is 1. The third-order valence-corrected chi connectivity index (χ3v) is 9.29. The van der Waals surface area contributed by atoms with Crippen molar-refractivity contribution >= 4 is 11.0 Å². The van der Waals surface area contributed by atoms with Crippen LogP contribution in [0.4, 0.5) is 13.2 Å². The highest BCUT2D eigenvalue weighted by Gasteiger charge is 2.49.